The lowest BCUT2D eigenvalue weighted by Crippen LogP contribution is -2.17. The van der Waals surface area contributed by atoms with Crippen molar-refractivity contribution in [3.63, 3.8) is 0 Å². The summed E-state index contributed by atoms with van der Waals surface area (Å²) in [4.78, 5) is 0. The number of hydrogen-bond donors (Lipinski definition) is 0. The van der Waals surface area contributed by atoms with Crippen LogP contribution in [-0.4, -0.2) is 0 Å². The summed E-state index contributed by atoms with van der Waals surface area (Å²) in [6, 6.07) is 5.31. The van der Waals surface area contributed by atoms with Gasteiger partial charge in [-0.05, 0) is 54.7 Å². The van der Waals surface area contributed by atoms with Crippen LogP contribution in [0.3, 0.4) is 0 Å². The molecule has 17 heavy (non-hydrogen) atoms. The second-order valence-electron chi connectivity index (χ2n) is 5.64. The molecule has 0 spiro atoms. The highest BCUT2D eigenvalue weighted by molar-refractivity contribution is 5.39. The zero-order valence-electron chi connectivity index (χ0n) is 10.2. The van der Waals surface area contributed by atoms with Gasteiger partial charge in [-0.15, -0.1) is 0 Å². The minimum absolute atomic E-state index is 0.184. The number of alkyl halides is 2. The van der Waals surface area contributed by atoms with E-state index in [9.17, 15) is 8.78 Å². The van der Waals surface area contributed by atoms with Crippen molar-refractivity contribution in [2.75, 3.05) is 0 Å². The Morgan fingerprint density at radius 2 is 2.00 bits per heavy atom. The van der Waals surface area contributed by atoms with Crippen LogP contribution in [0.2, 0.25) is 0 Å². The van der Waals surface area contributed by atoms with Crippen LogP contribution in [0.15, 0.2) is 18.2 Å². The number of benzene rings is 1. The summed E-state index contributed by atoms with van der Waals surface area (Å²) in [6.45, 7) is 0.990. The zero-order chi connectivity index (χ0) is 12.0. The Labute approximate surface area is 101 Å². The van der Waals surface area contributed by atoms with E-state index in [1.165, 1.54) is 36.8 Å². The maximum absolute atomic E-state index is 13.4. The second kappa shape index (κ2) is 3.79. The monoisotopic (exact) mass is 236 g/mol. The van der Waals surface area contributed by atoms with Gasteiger partial charge in [0, 0.05) is 12.5 Å². The molecule has 1 fully saturated rings. The van der Waals surface area contributed by atoms with Gasteiger partial charge in [-0.2, -0.15) is 0 Å². The lowest BCUT2D eigenvalue weighted by molar-refractivity contribution is 0.0173. The van der Waals surface area contributed by atoms with Crippen molar-refractivity contribution in [3.05, 3.63) is 34.9 Å². The first kappa shape index (κ1) is 11.2. The molecule has 3 rings (SSSR count). The quantitative estimate of drug-likeness (QED) is 0.667. The molecule has 2 unspecified atom stereocenters. The van der Waals surface area contributed by atoms with Crippen LogP contribution in [-0.2, 0) is 12.3 Å². The molecular weight excluding hydrogens is 218 g/mol. The predicted molar refractivity (Wildman–Crippen MR) is 64.4 cm³/mol. The molecule has 2 aliphatic rings. The van der Waals surface area contributed by atoms with Crippen LogP contribution in [0.1, 0.15) is 55.2 Å². The maximum atomic E-state index is 13.4. The third kappa shape index (κ3) is 1.88. The van der Waals surface area contributed by atoms with E-state index in [0.717, 1.165) is 19.3 Å². The molecule has 2 aliphatic carbocycles. The summed E-state index contributed by atoms with van der Waals surface area (Å²) < 4.78 is 26.7. The number of rotatable bonds is 1. The van der Waals surface area contributed by atoms with Gasteiger partial charge >= 0.3 is 0 Å². The average molecular weight is 236 g/mol. The Hall–Kier alpha value is -0.920. The van der Waals surface area contributed by atoms with Crippen molar-refractivity contribution >= 4 is 0 Å². The number of halogens is 2. The van der Waals surface area contributed by atoms with Gasteiger partial charge in [-0.25, -0.2) is 8.78 Å². The summed E-state index contributed by atoms with van der Waals surface area (Å²) in [5.74, 6) is -1.40. The number of fused-ring (bicyclic) bond motifs is 3. The van der Waals surface area contributed by atoms with Gasteiger partial charge in [0.1, 0.15) is 0 Å². The van der Waals surface area contributed by atoms with Crippen molar-refractivity contribution in [2.24, 2.45) is 5.92 Å². The standard InChI is InChI=1S/C15H18F2/c1-15(16,17)12-8-7-11-6-5-10-3-2-4-13(10)14(11)9-12/h7-10,13H,2-6H2,1H3. The van der Waals surface area contributed by atoms with E-state index in [2.05, 4.69) is 0 Å². The van der Waals surface area contributed by atoms with Crippen LogP contribution in [0.25, 0.3) is 0 Å². The fourth-order valence-corrected chi connectivity index (χ4v) is 3.57. The van der Waals surface area contributed by atoms with Crippen molar-refractivity contribution in [3.8, 4) is 0 Å². The molecule has 2 heteroatoms. The lowest BCUT2D eigenvalue weighted by Gasteiger charge is -2.29. The molecule has 0 aliphatic heterocycles. The molecule has 0 radical (unpaired) electrons. The lowest BCUT2D eigenvalue weighted by atomic mass is 9.76. The van der Waals surface area contributed by atoms with E-state index in [0.29, 0.717) is 5.92 Å². The normalized spacial score (nSPS) is 27.7. The van der Waals surface area contributed by atoms with Crippen LogP contribution in [0, 0.1) is 5.92 Å². The Morgan fingerprint density at radius 1 is 1.18 bits per heavy atom. The van der Waals surface area contributed by atoms with Crippen molar-refractivity contribution in [2.45, 2.75) is 50.9 Å². The zero-order valence-corrected chi connectivity index (χ0v) is 10.2. The highest BCUT2D eigenvalue weighted by Gasteiger charge is 2.34. The molecule has 0 heterocycles. The Morgan fingerprint density at radius 3 is 2.76 bits per heavy atom. The Kier molecular flexibility index (Phi) is 2.49. The number of hydrogen-bond acceptors (Lipinski definition) is 0. The summed E-state index contributed by atoms with van der Waals surface area (Å²) in [7, 11) is 0. The van der Waals surface area contributed by atoms with Gasteiger partial charge in [-0.1, -0.05) is 18.6 Å². The van der Waals surface area contributed by atoms with Gasteiger partial charge in [0.15, 0.2) is 0 Å². The summed E-state index contributed by atoms with van der Waals surface area (Å²) in [6.07, 6.45) is 6.07. The topological polar surface area (TPSA) is 0 Å². The molecule has 0 bridgehead atoms. The first-order valence-corrected chi connectivity index (χ1v) is 6.57. The Balaban J connectivity index is 2.04. The molecule has 1 aromatic rings. The highest BCUT2D eigenvalue weighted by atomic mass is 19.3. The van der Waals surface area contributed by atoms with E-state index < -0.39 is 5.92 Å². The highest BCUT2D eigenvalue weighted by Crippen LogP contribution is 2.47. The third-order valence-corrected chi connectivity index (χ3v) is 4.50. The first-order valence-electron chi connectivity index (χ1n) is 6.57. The molecule has 0 saturated heterocycles. The minimum Gasteiger partial charge on any atom is -0.202 e. The van der Waals surface area contributed by atoms with Gasteiger partial charge in [-0.3, -0.25) is 0 Å². The molecule has 1 aromatic carbocycles. The van der Waals surface area contributed by atoms with Crippen molar-refractivity contribution in [1.82, 2.24) is 0 Å². The van der Waals surface area contributed by atoms with Crippen LogP contribution in [0.4, 0.5) is 8.78 Å². The molecule has 0 aromatic heterocycles. The van der Waals surface area contributed by atoms with E-state index in [1.54, 1.807) is 12.1 Å². The SMILES string of the molecule is CC(F)(F)c1ccc2c(c1)C1CCCC1CC2. The smallest absolute Gasteiger partial charge is 0.202 e. The van der Waals surface area contributed by atoms with E-state index >= 15 is 0 Å². The molecule has 0 amide bonds. The summed E-state index contributed by atoms with van der Waals surface area (Å²) in [5, 5.41) is 0. The molecule has 0 nitrogen and oxygen atoms in total. The van der Waals surface area contributed by atoms with Crippen molar-refractivity contribution in [1.29, 1.82) is 0 Å². The largest absolute Gasteiger partial charge is 0.270 e. The fourth-order valence-electron chi connectivity index (χ4n) is 3.57. The van der Waals surface area contributed by atoms with Gasteiger partial charge in [0.25, 0.3) is 5.92 Å². The van der Waals surface area contributed by atoms with E-state index in [-0.39, 0.29) is 5.56 Å². The maximum Gasteiger partial charge on any atom is 0.270 e. The third-order valence-electron chi connectivity index (χ3n) is 4.50. The van der Waals surface area contributed by atoms with Gasteiger partial charge in [0.2, 0.25) is 0 Å². The molecule has 1 saturated carbocycles. The fraction of sp³-hybridized carbons (Fsp3) is 0.600. The van der Waals surface area contributed by atoms with Gasteiger partial charge in [0.05, 0.1) is 0 Å². The van der Waals surface area contributed by atoms with Crippen LogP contribution < -0.4 is 0 Å². The average Bonchev–Trinajstić information content (AvgIpc) is 2.75. The van der Waals surface area contributed by atoms with E-state index in [4.69, 9.17) is 0 Å². The summed E-state index contributed by atoms with van der Waals surface area (Å²) in [5.41, 5.74) is 2.71. The van der Waals surface area contributed by atoms with E-state index in [1.807, 2.05) is 6.07 Å². The van der Waals surface area contributed by atoms with Crippen LogP contribution >= 0.6 is 0 Å². The van der Waals surface area contributed by atoms with Crippen molar-refractivity contribution < 1.29 is 8.78 Å². The minimum atomic E-state index is -2.71. The number of aryl methyl sites for hydroxylation is 1. The first-order chi connectivity index (χ1) is 8.05. The second-order valence-corrected chi connectivity index (χ2v) is 5.64. The molecule has 92 valence electrons. The van der Waals surface area contributed by atoms with Gasteiger partial charge < -0.3 is 0 Å². The molecular formula is C15H18F2. The molecule has 0 N–H and O–H groups in total. The van der Waals surface area contributed by atoms with Crippen LogP contribution in [0.5, 0.6) is 0 Å². The predicted octanol–water partition coefficient (Wildman–Crippen LogP) is 4.63. The summed E-state index contributed by atoms with van der Waals surface area (Å²) >= 11 is 0. The molecule has 2 atom stereocenters. The Bertz CT molecular complexity index is 431.